The predicted molar refractivity (Wildman–Crippen MR) is 132 cm³/mol. The highest BCUT2D eigenvalue weighted by Crippen LogP contribution is 2.20. The molecule has 0 heterocycles. The minimum Gasteiger partial charge on any atom is -0.444 e. The van der Waals surface area contributed by atoms with Gasteiger partial charge in [0.25, 0.3) is 5.91 Å². The molecule has 3 aromatic rings. The first-order valence-electron chi connectivity index (χ1n) is 11.0. The molecule has 33 heavy (non-hydrogen) atoms. The third-order valence-corrected chi connectivity index (χ3v) is 4.78. The monoisotopic (exact) mass is 445 g/mol. The molecule has 0 aliphatic carbocycles. The second-order valence-corrected chi connectivity index (χ2v) is 8.68. The van der Waals surface area contributed by atoms with Gasteiger partial charge in [-0.2, -0.15) is 0 Å². The third-order valence-electron chi connectivity index (χ3n) is 4.78. The fourth-order valence-corrected chi connectivity index (χ4v) is 3.15. The number of anilines is 1. The summed E-state index contributed by atoms with van der Waals surface area (Å²) in [6.45, 7) is 6.70. The van der Waals surface area contributed by atoms with Crippen molar-refractivity contribution in [2.45, 2.75) is 32.9 Å². The van der Waals surface area contributed by atoms with Crippen LogP contribution in [0.3, 0.4) is 0 Å². The number of nitrogens with one attached hydrogen (secondary N) is 3. The second kappa shape index (κ2) is 11.2. The lowest BCUT2D eigenvalue weighted by molar-refractivity contribution is 0.0526. The Labute approximate surface area is 195 Å². The van der Waals surface area contributed by atoms with E-state index in [0.29, 0.717) is 25.2 Å². The lowest BCUT2D eigenvalue weighted by Crippen LogP contribution is -2.37. The Morgan fingerprint density at radius 2 is 1.36 bits per heavy atom. The molecule has 0 unspecified atom stereocenters. The number of hydrogen-bond donors (Lipinski definition) is 3. The molecule has 0 saturated carbocycles. The molecular weight excluding hydrogens is 414 g/mol. The van der Waals surface area contributed by atoms with Crippen LogP contribution in [-0.4, -0.2) is 30.7 Å². The van der Waals surface area contributed by atoms with E-state index in [1.165, 1.54) is 16.7 Å². The minimum absolute atomic E-state index is 0.191. The van der Waals surface area contributed by atoms with Crippen molar-refractivity contribution in [1.82, 2.24) is 10.6 Å². The maximum Gasteiger partial charge on any atom is 0.407 e. The molecule has 172 valence electrons. The standard InChI is InChI=1S/C27H31N3O3/c1-27(2,3)33-26(32)29-18-17-28-25(31)23-13-15-24(16-14-23)30-19-20-9-11-22(12-10-20)21-7-5-4-6-8-21/h4-16,30H,17-19H2,1-3H3,(H,28,31)(H,29,32). The van der Waals surface area contributed by atoms with Gasteiger partial charge in [-0.05, 0) is 61.7 Å². The van der Waals surface area contributed by atoms with E-state index in [0.717, 1.165) is 5.69 Å². The SMILES string of the molecule is CC(C)(C)OC(=O)NCCNC(=O)c1ccc(NCc2ccc(-c3ccccc3)cc2)cc1. The third kappa shape index (κ3) is 8.00. The Morgan fingerprint density at radius 1 is 0.758 bits per heavy atom. The normalized spacial score (nSPS) is 10.9. The summed E-state index contributed by atoms with van der Waals surface area (Å²) in [6, 6.07) is 26.1. The van der Waals surface area contributed by atoms with Crippen molar-refractivity contribution < 1.29 is 14.3 Å². The molecule has 0 aliphatic heterocycles. The summed E-state index contributed by atoms with van der Waals surface area (Å²) in [5.41, 5.74) is 4.51. The van der Waals surface area contributed by atoms with Gasteiger partial charge in [0.2, 0.25) is 0 Å². The fraction of sp³-hybridized carbons (Fsp3) is 0.259. The van der Waals surface area contributed by atoms with Crippen LogP contribution in [0.15, 0.2) is 78.9 Å². The van der Waals surface area contributed by atoms with Crippen LogP contribution in [0.25, 0.3) is 11.1 Å². The molecule has 3 rings (SSSR count). The van der Waals surface area contributed by atoms with E-state index in [1.807, 2.05) is 30.3 Å². The summed E-state index contributed by atoms with van der Waals surface area (Å²) in [7, 11) is 0. The average Bonchev–Trinajstić information content (AvgIpc) is 2.80. The fourth-order valence-electron chi connectivity index (χ4n) is 3.15. The zero-order valence-electron chi connectivity index (χ0n) is 19.4. The van der Waals surface area contributed by atoms with E-state index >= 15 is 0 Å². The number of alkyl carbamates (subject to hydrolysis) is 1. The Hall–Kier alpha value is -3.80. The van der Waals surface area contributed by atoms with Gasteiger partial charge in [-0.3, -0.25) is 4.79 Å². The maximum absolute atomic E-state index is 12.3. The Kier molecular flexibility index (Phi) is 8.08. The van der Waals surface area contributed by atoms with Crippen molar-refractivity contribution >= 4 is 17.7 Å². The zero-order valence-corrected chi connectivity index (χ0v) is 19.4. The first-order chi connectivity index (χ1) is 15.8. The summed E-state index contributed by atoms with van der Waals surface area (Å²) in [5.74, 6) is -0.191. The van der Waals surface area contributed by atoms with Gasteiger partial charge in [0.15, 0.2) is 0 Å². The highest BCUT2D eigenvalue weighted by Gasteiger charge is 2.15. The van der Waals surface area contributed by atoms with E-state index in [1.54, 1.807) is 32.9 Å². The number of benzene rings is 3. The number of rotatable bonds is 8. The van der Waals surface area contributed by atoms with Gasteiger partial charge in [0.05, 0.1) is 0 Å². The molecule has 6 nitrogen and oxygen atoms in total. The zero-order chi connectivity index (χ0) is 23.7. The molecule has 0 atom stereocenters. The highest BCUT2D eigenvalue weighted by atomic mass is 16.6. The van der Waals surface area contributed by atoms with Crippen molar-refractivity contribution in [3.8, 4) is 11.1 Å². The van der Waals surface area contributed by atoms with Crippen molar-refractivity contribution in [3.63, 3.8) is 0 Å². The van der Waals surface area contributed by atoms with Crippen LogP contribution in [-0.2, 0) is 11.3 Å². The summed E-state index contributed by atoms with van der Waals surface area (Å²) < 4.78 is 5.15. The molecule has 0 aromatic heterocycles. The van der Waals surface area contributed by atoms with Crippen molar-refractivity contribution in [1.29, 1.82) is 0 Å². The summed E-state index contributed by atoms with van der Waals surface area (Å²) in [4.78, 5) is 23.9. The van der Waals surface area contributed by atoms with Gasteiger partial charge >= 0.3 is 6.09 Å². The van der Waals surface area contributed by atoms with Gasteiger partial charge < -0.3 is 20.7 Å². The van der Waals surface area contributed by atoms with E-state index in [-0.39, 0.29) is 5.91 Å². The van der Waals surface area contributed by atoms with Crippen LogP contribution in [0.4, 0.5) is 10.5 Å². The Morgan fingerprint density at radius 3 is 2.00 bits per heavy atom. The quantitative estimate of drug-likeness (QED) is 0.415. The molecule has 0 fully saturated rings. The molecule has 0 radical (unpaired) electrons. The van der Waals surface area contributed by atoms with Crippen molar-refractivity contribution in [2.75, 3.05) is 18.4 Å². The predicted octanol–water partition coefficient (Wildman–Crippen LogP) is 5.22. The van der Waals surface area contributed by atoms with Gasteiger partial charge in [-0.1, -0.05) is 54.6 Å². The molecular formula is C27H31N3O3. The molecule has 0 spiro atoms. The Balaban J connectivity index is 1.41. The van der Waals surface area contributed by atoms with Gasteiger partial charge in [0, 0.05) is 30.9 Å². The minimum atomic E-state index is -0.547. The molecule has 0 saturated heterocycles. The number of ether oxygens (including phenoxy) is 1. The van der Waals surface area contributed by atoms with Crippen LogP contribution < -0.4 is 16.0 Å². The van der Waals surface area contributed by atoms with Crippen LogP contribution in [0, 0.1) is 0 Å². The molecule has 0 bridgehead atoms. The van der Waals surface area contributed by atoms with Crippen LogP contribution >= 0.6 is 0 Å². The number of carbonyl (C=O) groups is 2. The van der Waals surface area contributed by atoms with Crippen molar-refractivity contribution in [2.24, 2.45) is 0 Å². The summed E-state index contributed by atoms with van der Waals surface area (Å²) in [5, 5.41) is 8.77. The van der Waals surface area contributed by atoms with E-state index < -0.39 is 11.7 Å². The van der Waals surface area contributed by atoms with Crippen LogP contribution in [0.5, 0.6) is 0 Å². The largest absolute Gasteiger partial charge is 0.444 e. The molecule has 6 heteroatoms. The first kappa shape index (κ1) is 23.9. The maximum atomic E-state index is 12.3. The summed E-state index contributed by atoms with van der Waals surface area (Å²) in [6.07, 6.45) is -0.498. The molecule has 3 aromatic carbocycles. The number of amides is 2. The van der Waals surface area contributed by atoms with Crippen LogP contribution in [0.1, 0.15) is 36.7 Å². The number of carbonyl (C=O) groups excluding carboxylic acids is 2. The van der Waals surface area contributed by atoms with E-state index in [2.05, 4.69) is 52.3 Å². The van der Waals surface area contributed by atoms with Gasteiger partial charge in [0.1, 0.15) is 5.60 Å². The average molecular weight is 446 g/mol. The second-order valence-electron chi connectivity index (χ2n) is 8.68. The van der Waals surface area contributed by atoms with E-state index in [9.17, 15) is 9.59 Å². The molecule has 3 N–H and O–H groups in total. The van der Waals surface area contributed by atoms with Crippen molar-refractivity contribution in [3.05, 3.63) is 90.0 Å². The Bertz CT molecular complexity index is 1040. The first-order valence-corrected chi connectivity index (χ1v) is 11.0. The lowest BCUT2D eigenvalue weighted by Gasteiger charge is -2.19. The molecule has 0 aliphatic rings. The summed E-state index contributed by atoms with van der Waals surface area (Å²) >= 11 is 0. The highest BCUT2D eigenvalue weighted by molar-refractivity contribution is 5.94. The van der Waals surface area contributed by atoms with Crippen LogP contribution in [0.2, 0.25) is 0 Å². The number of hydrogen-bond acceptors (Lipinski definition) is 4. The molecule has 2 amide bonds. The lowest BCUT2D eigenvalue weighted by atomic mass is 10.0. The van der Waals surface area contributed by atoms with Gasteiger partial charge in [-0.15, -0.1) is 0 Å². The smallest absolute Gasteiger partial charge is 0.407 e. The topological polar surface area (TPSA) is 79.5 Å². The van der Waals surface area contributed by atoms with E-state index in [4.69, 9.17) is 4.74 Å². The van der Waals surface area contributed by atoms with Gasteiger partial charge in [-0.25, -0.2) is 4.79 Å².